The summed E-state index contributed by atoms with van der Waals surface area (Å²) < 4.78 is 42.2. The molecule has 2 amide bonds. The van der Waals surface area contributed by atoms with E-state index in [1.54, 1.807) is 36.9 Å². The number of nitrogens with two attached hydrogens (primary N) is 1. The lowest BCUT2D eigenvalue weighted by Crippen LogP contribution is -2.39. The molecule has 280 valence electrons. The Kier molecular flexibility index (Phi) is 10.2. The van der Waals surface area contributed by atoms with Crippen molar-refractivity contribution in [1.29, 1.82) is 0 Å². The molecule has 54 heavy (non-hydrogen) atoms. The van der Waals surface area contributed by atoms with E-state index in [-0.39, 0.29) is 29.0 Å². The van der Waals surface area contributed by atoms with E-state index in [4.69, 9.17) is 5.73 Å². The van der Waals surface area contributed by atoms with E-state index in [9.17, 15) is 27.6 Å². The van der Waals surface area contributed by atoms with Crippen LogP contribution in [-0.2, 0) is 22.3 Å². The zero-order chi connectivity index (χ0) is 38.1. The number of nitrogens with one attached hydrogen (secondary N) is 2. The molecule has 3 aromatic heterocycles. The number of aromatic nitrogens is 4. The highest BCUT2D eigenvalue weighted by Gasteiger charge is 2.32. The van der Waals surface area contributed by atoms with Gasteiger partial charge in [-0.05, 0) is 99.1 Å². The highest BCUT2D eigenvalue weighted by molar-refractivity contribution is 6.01. The van der Waals surface area contributed by atoms with Gasteiger partial charge in [0.15, 0.2) is 5.82 Å². The summed E-state index contributed by atoms with van der Waals surface area (Å²) in [5.41, 5.74) is 9.39. The maximum atomic E-state index is 13.5. The predicted molar refractivity (Wildman–Crippen MR) is 200 cm³/mol. The van der Waals surface area contributed by atoms with E-state index < -0.39 is 17.8 Å². The molecule has 1 unspecified atom stereocenters. The molecule has 0 bridgehead atoms. The van der Waals surface area contributed by atoms with Crippen molar-refractivity contribution < 1.29 is 22.8 Å². The zero-order valence-electron chi connectivity index (χ0n) is 30.0. The number of aryl methyl sites for hydroxylation is 1. The van der Waals surface area contributed by atoms with Crippen LogP contribution in [0, 0.1) is 6.92 Å². The predicted octanol–water partition coefficient (Wildman–Crippen LogP) is 6.34. The molecule has 0 radical (unpaired) electrons. The third-order valence-corrected chi connectivity index (χ3v) is 10.6. The molecule has 2 aliphatic heterocycles. The minimum atomic E-state index is -4.54. The van der Waals surface area contributed by atoms with E-state index in [0.29, 0.717) is 60.0 Å². The maximum absolute atomic E-state index is 13.5. The van der Waals surface area contributed by atoms with Gasteiger partial charge in [0.25, 0.3) is 5.56 Å². The molecule has 2 fully saturated rings. The number of hydrogen-bond donors (Lipinski definition) is 3. The summed E-state index contributed by atoms with van der Waals surface area (Å²) in [5.74, 6) is 0.0498. The topological polar surface area (TPSA) is 148 Å². The number of likely N-dealkylation sites (tertiary alicyclic amines) is 1. The Labute approximate surface area is 309 Å². The molecule has 7 rings (SSSR count). The van der Waals surface area contributed by atoms with Crippen LogP contribution in [0.4, 0.5) is 24.7 Å². The summed E-state index contributed by atoms with van der Waals surface area (Å²) in [5, 5.41) is 15.6. The number of anilines is 2. The highest BCUT2D eigenvalue weighted by Crippen LogP contribution is 2.35. The first-order valence-electron chi connectivity index (χ1n) is 18.1. The molecule has 4 N–H and O–H groups in total. The van der Waals surface area contributed by atoms with E-state index in [0.717, 1.165) is 54.6 Å². The molecule has 2 atom stereocenters. The van der Waals surface area contributed by atoms with Gasteiger partial charge in [0, 0.05) is 60.0 Å². The fourth-order valence-electron chi connectivity index (χ4n) is 7.42. The second-order valence-corrected chi connectivity index (χ2v) is 14.2. The molecule has 2 aromatic carbocycles. The van der Waals surface area contributed by atoms with Crippen LogP contribution in [0.3, 0.4) is 0 Å². The van der Waals surface area contributed by atoms with Crippen molar-refractivity contribution in [3.63, 3.8) is 0 Å². The van der Waals surface area contributed by atoms with Crippen molar-refractivity contribution in [2.75, 3.05) is 30.7 Å². The first-order valence-corrected chi connectivity index (χ1v) is 18.1. The Bertz CT molecular complexity index is 2270. The van der Waals surface area contributed by atoms with Gasteiger partial charge >= 0.3 is 6.18 Å². The summed E-state index contributed by atoms with van der Waals surface area (Å²) >= 11 is 0. The number of carbonyl (C=O) groups is 2. The highest BCUT2D eigenvalue weighted by atomic mass is 19.4. The average molecular weight is 739 g/mol. The van der Waals surface area contributed by atoms with Gasteiger partial charge in [0.2, 0.25) is 11.8 Å². The number of alkyl halides is 3. The van der Waals surface area contributed by atoms with Crippen LogP contribution in [0.25, 0.3) is 22.0 Å². The zero-order valence-corrected chi connectivity index (χ0v) is 30.0. The third-order valence-electron chi connectivity index (χ3n) is 10.6. The molecule has 0 aliphatic carbocycles. The largest absolute Gasteiger partial charge is 0.416 e. The number of piperidine rings is 2. The molecule has 5 heterocycles. The first-order chi connectivity index (χ1) is 25.8. The number of hydrogen-bond acceptors (Lipinski definition) is 9. The molecule has 2 aliphatic rings. The number of carbonyl (C=O) groups excluding carboxylic acids is 2. The number of imide groups is 1. The monoisotopic (exact) mass is 738 g/mol. The van der Waals surface area contributed by atoms with Crippen molar-refractivity contribution in [2.24, 2.45) is 0 Å². The van der Waals surface area contributed by atoms with E-state index in [1.807, 2.05) is 18.2 Å². The van der Waals surface area contributed by atoms with Crippen molar-refractivity contribution in [3.8, 4) is 11.3 Å². The van der Waals surface area contributed by atoms with E-state index in [2.05, 4.69) is 42.8 Å². The SMILES string of the molecule is Cc1nnc(N[C@H](C)c2cc(N)cc(C(F)(F)F)c2)c2cc(-c3ccc(=O)n(CCN4CCC(c5ccc(C6CCC(=O)NC6=O)cc5)CC4)c3)ncc12. The van der Waals surface area contributed by atoms with Gasteiger partial charge in [0.05, 0.1) is 28.9 Å². The number of pyridine rings is 2. The standard InChI is InChI=1S/C40H41F3N8O3/c1-23(29-17-30(40(41,42)43)19-31(44)18-29)46-38-33-20-35(45-21-34(33)24(2)48-49-38)28-7-10-37(53)51(22-28)16-15-50-13-11-26(12-14-50)25-3-5-27(6-4-25)32-8-9-36(52)47-39(32)54/h3-7,10,17-23,26,32H,8-9,11-16,44H2,1-2H3,(H,46,49)(H,47,52,54)/t23-,32?/m1/s1. The van der Waals surface area contributed by atoms with Gasteiger partial charge in [-0.25, -0.2) is 0 Å². The smallest absolute Gasteiger partial charge is 0.399 e. The van der Waals surface area contributed by atoms with Crippen LogP contribution in [0.2, 0.25) is 0 Å². The summed E-state index contributed by atoms with van der Waals surface area (Å²) in [7, 11) is 0. The Hall–Kier alpha value is -5.63. The lowest BCUT2D eigenvalue weighted by atomic mass is 9.86. The number of nitrogens with zero attached hydrogens (tertiary/aromatic N) is 5. The van der Waals surface area contributed by atoms with Gasteiger partial charge in [-0.1, -0.05) is 24.3 Å². The van der Waals surface area contributed by atoms with Crippen LogP contribution in [0.1, 0.15) is 78.4 Å². The van der Waals surface area contributed by atoms with Crippen molar-refractivity contribution in [3.05, 3.63) is 111 Å². The van der Waals surface area contributed by atoms with Gasteiger partial charge in [-0.15, -0.1) is 5.10 Å². The Morgan fingerprint density at radius 1 is 0.926 bits per heavy atom. The Morgan fingerprint density at radius 3 is 2.39 bits per heavy atom. The van der Waals surface area contributed by atoms with E-state index in [1.165, 1.54) is 17.7 Å². The number of benzene rings is 2. The number of rotatable bonds is 9. The summed E-state index contributed by atoms with van der Waals surface area (Å²) in [6.07, 6.45) is 1.80. The van der Waals surface area contributed by atoms with Crippen LogP contribution < -0.4 is 21.9 Å². The number of fused-ring (bicyclic) bond motifs is 1. The Balaban J connectivity index is 1.01. The van der Waals surface area contributed by atoms with Gasteiger partial charge < -0.3 is 20.5 Å². The number of halogens is 3. The van der Waals surface area contributed by atoms with Gasteiger partial charge in [0.1, 0.15) is 0 Å². The molecule has 0 saturated carbocycles. The van der Waals surface area contributed by atoms with Crippen molar-refractivity contribution in [1.82, 2.24) is 30.0 Å². The minimum Gasteiger partial charge on any atom is -0.399 e. The fraction of sp³-hybridized carbons (Fsp3) is 0.350. The quantitative estimate of drug-likeness (QED) is 0.117. The van der Waals surface area contributed by atoms with Crippen LogP contribution in [0.5, 0.6) is 0 Å². The lowest BCUT2D eigenvalue weighted by molar-refractivity contribution is -0.138. The molecule has 14 heteroatoms. The second kappa shape index (κ2) is 15.0. The van der Waals surface area contributed by atoms with Gasteiger partial charge in [-0.2, -0.15) is 18.3 Å². The third kappa shape index (κ3) is 7.98. The normalized spacial score (nSPS) is 17.8. The van der Waals surface area contributed by atoms with Gasteiger partial charge in [-0.3, -0.25) is 24.7 Å². The molecule has 0 spiro atoms. The summed E-state index contributed by atoms with van der Waals surface area (Å²) in [4.78, 5) is 43.8. The van der Waals surface area contributed by atoms with Crippen LogP contribution in [0.15, 0.2) is 77.9 Å². The molecule has 11 nitrogen and oxygen atoms in total. The van der Waals surface area contributed by atoms with Crippen molar-refractivity contribution >= 4 is 34.1 Å². The summed E-state index contributed by atoms with van der Waals surface area (Å²) in [6.45, 7) is 6.52. The molecular weight excluding hydrogens is 697 g/mol. The number of amides is 2. The Morgan fingerprint density at radius 2 is 1.67 bits per heavy atom. The van der Waals surface area contributed by atoms with Crippen LogP contribution in [-0.4, -0.2) is 56.1 Å². The first kappa shape index (κ1) is 36.7. The molecular formula is C40H41F3N8O3. The molecule has 2 saturated heterocycles. The second-order valence-electron chi connectivity index (χ2n) is 14.2. The maximum Gasteiger partial charge on any atom is 0.416 e. The molecule has 5 aromatic rings. The summed E-state index contributed by atoms with van der Waals surface area (Å²) in [6, 6.07) is 16.2. The lowest BCUT2D eigenvalue weighted by Gasteiger charge is -2.32. The van der Waals surface area contributed by atoms with Crippen molar-refractivity contribution in [2.45, 2.75) is 70.1 Å². The number of nitrogen functional groups attached to an aromatic ring is 1. The van der Waals surface area contributed by atoms with Crippen LogP contribution >= 0.6 is 0 Å². The fourth-order valence-corrected chi connectivity index (χ4v) is 7.42. The average Bonchev–Trinajstić information content (AvgIpc) is 3.15. The van der Waals surface area contributed by atoms with E-state index >= 15 is 0 Å². The minimum absolute atomic E-state index is 0.00932.